The van der Waals surface area contributed by atoms with Gasteiger partial charge in [-0.2, -0.15) is 0 Å². The van der Waals surface area contributed by atoms with Crippen molar-refractivity contribution >= 4 is 15.9 Å². The predicted octanol–water partition coefficient (Wildman–Crippen LogP) is 1.70. The highest BCUT2D eigenvalue weighted by molar-refractivity contribution is 9.10. The fraction of sp³-hybridized carbons (Fsp3) is 0.600. The highest BCUT2D eigenvalue weighted by atomic mass is 79.9. The van der Waals surface area contributed by atoms with Crippen LogP contribution < -0.4 is 5.32 Å². The molecule has 2 atom stereocenters. The van der Waals surface area contributed by atoms with Gasteiger partial charge in [-0.15, -0.1) is 0 Å². The van der Waals surface area contributed by atoms with Crippen LogP contribution in [0.2, 0.25) is 0 Å². The highest BCUT2D eigenvalue weighted by Crippen LogP contribution is 2.18. The minimum atomic E-state index is -0.337. The molecule has 0 bridgehead atoms. The molecule has 1 fully saturated rings. The molecule has 1 aliphatic heterocycles. The second-order valence-electron chi connectivity index (χ2n) is 3.68. The molecule has 4 heteroatoms. The SMILES string of the molecule is OC(Cc1ccc(Br)o1)[C@H]1CCCN1. The average Bonchev–Trinajstić information content (AvgIpc) is 2.75. The summed E-state index contributed by atoms with van der Waals surface area (Å²) in [6.45, 7) is 1.02. The number of aliphatic hydroxyl groups is 1. The number of halogens is 1. The van der Waals surface area contributed by atoms with Crippen LogP contribution in [0.1, 0.15) is 18.6 Å². The minimum Gasteiger partial charge on any atom is -0.454 e. The zero-order chi connectivity index (χ0) is 9.97. The fourth-order valence-corrected chi connectivity index (χ4v) is 2.19. The second-order valence-corrected chi connectivity index (χ2v) is 4.46. The molecule has 0 aromatic carbocycles. The van der Waals surface area contributed by atoms with E-state index in [-0.39, 0.29) is 12.1 Å². The fourth-order valence-electron chi connectivity index (χ4n) is 1.85. The second kappa shape index (κ2) is 4.47. The third kappa shape index (κ3) is 2.38. The molecule has 0 radical (unpaired) electrons. The van der Waals surface area contributed by atoms with E-state index in [9.17, 15) is 5.11 Å². The zero-order valence-electron chi connectivity index (χ0n) is 7.87. The van der Waals surface area contributed by atoms with Crippen molar-refractivity contribution in [1.29, 1.82) is 0 Å². The smallest absolute Gasteiger partial charge is 0.169 e. The summed E-state index contributed by atoms with van der Waals surface area (Å²) in [5, 5.41) is 13.2. The van der Waals surface area contributed by atoms with Crippen molar-refractivity contribution in [3.8, 4) is 0 Å². The molecule has 3 nitrogen and oxygen atoms in total. The van der Waals surface area contributed by atoms with Crippen LogP contribution in [0.15, 0.2) is 21.2 Å². The van der Waals surface area contributed by atoms with Crippen LogP contribution in [0, 0.1) is 0 Å². The van der Waals surface area contributed by atoms with Gasteiger partial charge in [0.05, 0.1) is 6.10 Å². The summed E-state index contributed by atoms with van der Waals surface area (Å²) in [6.07, 6.45) is 2.46. The Morgan fingerprint density at radius 2 is 2.50 bits per heavy atom. The molecular weight excluding hydrogens is 246 g/mol. The Balaban J connectivity index is 1.90. The van der Waals surface area contributed by atoms with E-state index in [1.54, 1.807) is 0 Å². The minimum absolute atomic E-state index is 0.235. The summed E-state index contributed by atoms with van der Waals surface area (Å²) in [7, 11) is 0. The number of furan rings is 1. The van der Waals surface area contributed by atoms with Crippen LogP contribution >= 0.6 is 15.9 Å². The molecule has 1 aliphatic rings. The summed E-state index contributed by atoms with van der Waals surface area (Å²) in [5.41, 5.74) is 0. The predicted molar refractivity (Wildman–Crippen MR) is 57.1 cm³/mol. The van der Waals surface area contributed by atoms with E-state index in [4.69, 9.17) is 4.42 Å². The van der Waals surface area contributed by atoms with Crippen LogP contribution in [0.4, 0.5) is 0 Å². The normalized spacial score (nSPS) is 24.0. The number of hydrogen-bond acceptors (Lipinski definition) is 3. The lowest BCUT2D eigenvalue weighted by molar-refractivity contribution is 0.129. The van der Waals surface area contributed by atoms with E-state index >= 15 is 0 Å². The number of aliphatic hydroxyl groups excluding tert-OH is 1. The maximum atomic E-state index is 9.87. The molecule has 0 amide bonds. The van der Waals surface area contributed by atoms with Crippen LogP contribution in [0.25, 0.3) is 0 Å². The van der Waals surface area contributed by atoms with Crippen molar-refractivity contribution in [1.82, 2.24) is 5.32 Å². The van der Waals surface area contributed by atoms with Gasteiger partial charge in [0.2, 0.25) is 0 Å². The first-order valence-corrected chi connectivity index (χ1v) is 5.70. The van der Waals surface area contributed by atoms with Crippen molar-refractivity contribution < 1.29 is 9.52 Å². The molecule has 1 unspecified atom stereocenters. The van der Waals surface area contributed by atoms with Crippen LogP contribution in [-0.2, 0) is 6.42 Å². The van der Waals surface area contributed by atoms with Crippen molar-refractivity contribution in [3.63, 3.8) is 0 Å². The maximum absolute atomic E-state index is 9.87. The first-order chi connectivity index (χ1) is 6.75. The van der Waals surface area contributed by atoms with Gasteiger partial charge in [0.1, 0.15) is 5.76 Å². The zero-order valence-corrected chi connectivity index (χ0v) is 9.46. The Labute approximate surface area is 91.6 Å². The molecule has 78 valence electrons. The van der Waals surface area contributed by atoms with Crippen LogP contribution in [-0.4, -0.2) is 23.8 Å². The van der Waals surface area contributed by atoms with E-state index in [1.807, 2.05) is 12.1 Å². The summed E-state index contributed by atoms with van der Waals surface area (Å²) in [6, 6.07) is 3.98. The van der Waals surface area contributed by atoms with Crippen molar-refractivity contribution in [3.05, 3.63) is 22.6 Å². The number of rotatable bonds is 3. The average molecular weight is 260 g/mol. The monoisotopic (exact) mass is 259 g/mol. The molecular formula is C10H14BrNO2. The highest BCUT2D eigenvalue weighted by Gasteiger charge is 2.23. The molecule has 1 aromatic heterocycles. The Kier molecular flexibility index (Phi) is 3.26. The van der Waals surface area contributed by atoms with Gasteiger partial charge in [-0.3, -0.25) is 0 Å². The lowest BCUT2D eigenvalue weighted by atomic mass is 10.1. The van der Waals surface area contributed by atoms with Gasteiger partial charge >= 0.3 is 0 Å². The van der Waals surface area contributed by atoms with Gasteiger partial charge in [-0.1, -0.05) is 0 Å². The lowest BCUT2D eigenvalue weighted by Gasteiger charge is -2.16. The van der Waals surface area contributed by atoms with E-state index in [0.29, 0.717) is 6.42 Å². The lowest BCUT2D eigenvalue weighted by Crippen LogP contribution is -2.35. The third-order valence-corrected chi connectivity index (χ3v) is 3.03. The van der Waals surface area contributed by atoms with Gasteiger partial charge in [-0.05, 0) is 47.4 Å². The Morgan fingerprint density at radius 3 is 3.07 bits per heavy atom. The van der Waals surface area contributed by atoms with Gasteiger partial charge < -0.3 is 14.8 Å². The summed E-state index contributed by atoms with van der Waals surface area (Å²) in [4.78, 5) is 0. The van der Waals surface area contributed by atoms with Gasteiger partial charge in [0.25, 0.3) is 0 Å². The summed E-state index contributed by atoms with van der Waals surface area (Å²) in [5.74, 6) is 0.832. The topological polar surface area (TPSA) is 45.4 Å². The Hall–Kier alpha value is -0.320. The first-order valence-electron chi connectivity index (χ1n) is 4.91. The van der Waals surface area contributed by atoms with E-state index in [1.165, 1.54) is 0 Å². The Bertz CT molecular complexity index is 294. The van der Waals surface area contributed by atoms with Crippen LogP contribution in [0.5, 0.6) is 0 Å². The molecule has 0 spiro atoms. The summed E-state index contributed by atoms with van der Waals surface area (Å²) < 4.78 is 6.06. The molecule has 2 rings (SSSR count). The maximum Gasteiger partial charge on any atom is 0.169 e. The van der Waals surface area contributed by atoms with E-state index in [0.717, 1.165) is 29.8 Å². The molecule has 1 saturated heterocycles. The largest absolute Gasteiger partial charge is 0.454 e. The molecule has 2 N–H and O–H groups in total. The van der Waals surface area contributed by atoms with E-state index < -0.39 is 0 Å². The molecule has 0 saturated carbocycles. The van der Waals surface area contributed by atoms with Crippen molar-refractivity contribution in [2.75, 3.05) is 6.54 Å². The van der Waals surface area contributed by atoms with Crippen molar-refractivity contribution in [2.24, 2.45) is 0 Å². The quantitative estimate of drug-likeness (QED) is 0.869. The Morgan fingerprint density at radius 1 is 1.64 bits per heavy atom. The number of hydrogen-bond donors (Lipinski definition) is 2. The van der Waals surface area contributed by atoms with E-state index in [2.05, 4.69) is 21.2 Å². The standard InChI is InChI=1S/C10H14BrNO2/c11-10-4-3-7(14-10)6-9(13)8-2-1-5-12-8/h3-4,8-9,12-13H,1-2,5-6H2/t8-,9?/m1/s1. The molecule has 1 aromatic rings. The third-order valence-electron chi connectivity index (χ3n) is 2.60. The summed E-state index contributed by atoms with van der Waals surface area (Å²) >= 11 is 3.24. The molecule has 14 heavy (non-hydrogen) atoms. The van der Waals surface area contributed by atoms with Gasteiger partial charge in [0, 0.05) is 12.5 Å². The van der Waals surface area contributed by atoms with Crippen LogP contribution in [0.3, 0.4) is 0 Å². The molecule has 0 aliphatic carbocycles. The first kappa shape index (κ1) is 10.2. The van der Waals surface area contributed by atoms with Gasteiger partial charge in [0.15, 0.2) is 4.67 Å². The van der Waals surface area contributed by atoms with Crippen molar-refractivity contribution in [2.45, 2.75) is 31.4 Å². The number of nitrogens with one attached hydrogen (secondary N) is 1. The van der Waals surface area contributed by atoms with Gasteiger partial charge in [-0.25, -0.2) is 0 Å². The molecule has 2 heterocycles.